The summed E-state index contributed by atoms with van der Waals surface area (Å²) in [6.07, 6.45) is 1.32. The van der Waals surface area contributed by atoms with E-state index in [1.165, 1.54) is 0 Å². The molecule has 0 spiro atoms. The van der Waals surface area contributed by atoms with Gasteiger partial charge in [-0.1, -0.05) is 0 Å². The fourth-order valence-corrected chi connectivity index (χ4v) is 1.39. The smallest absolute Gasteiger partial charge is 0.426 e. The number of rotatable bonds is 10. The summed E-state index contributed by atoms with van der Waals surface area (Å²) in [5.74, 6) is -0.0298. The van der Waals surface area contributed by atoms with E-state index < -0.39 is 7.12 Å². The number of Topliss-reactive ketones (excluding diaryl/α,β-unsaturated/α-hetero) is 1. The number of halogens is 1. The molecule has 0 aromatic carbocycles. The van der Waals surface area contributed by atoms with Gasteiger partial charge in [0.25, 0.3) is 0 Å². The molecule has 1 unspecified atom stereocenters. The second-order valence-electron chi connectivity index (χ2n) is 3.43. The molecule has 0 aromatic rings. The molecule has 0 aliphatic carbocycles. The Morgan fingerprint density at radius 2 is 2.38 bits per heavy atom. The number of ketones is 1. The molecule has 0 saturated heterocycles. The Hall–Kier alpha value is -0.185. The maximum absolute atomic E-state index is 11.2. The highest BCUT2D eigenvalue weighted by Gasteiger charge is 2.13. The monoisotopic (exact) mass is 342 g/mol. The van der Waals surface area contributed by atoms with Crippen molar-refractivity contribution in [2.75, 3.05) is 13.1 Å². The van der Waals surface area contributed by atoms with E-state index in [2.05, 4.69) is 13.6 Å². The number of nitrogens with one attached hydrogen (secondary N) is 2. The van der Waals surface area contributed by atoms with Crippen molar-refractivity contribution < 1.29 is 17.6 Å². The molecule has 8 heteroatoms. The highest BCUT2D eigenvalue weighted by atomic mass is 127. The van der Waals surface area contributed by atoms with Gasteiger partial charge in [0, 0.05) is 12.5 Å². The van der Waals surface area contributed by atoms with Crippen molar-refractivity contribution in [2.45, 2.75) is 25.7 Å². The van der Waals surface area contributed by atoms with Crippen LogP contribution in [0.2, 0.25) is 6.32 Å². The summed E-state index contributed by atoms with van der Waals surface area (Å²) in [7, 11) is -0.785. The molecule has 0 aliphatic heterocycles. The Morgan fingerprint density at radius 3 is 2.94 bits per heavy atom. The quantitative estimate of drug-likeness (QED) is 0.284. The summed E-state index contributed by atoms with van der Waals surface area (Å²) in [5, 5.41) is 14.5. The maximum Gasteiger partial charge on any atom is 0.464 e. The van der Waals surface area contributed by atoms with Gasteiger partial charge in [-0.15, -0.1) is 0 Å². The van der Waals surface area contributed by atoms with E-state index in [1.807, 2.05) is 6.92 Å². The average Bonchev–Trinajstić information content (AvgIpc) is 2.25. The van der Waals surface area contributed by atoms with Crippen LogP contribution in [0.4, 0.5) is 0 Å². The van der Waals surface area contributed by atoms with Gasteiger partial charge in [-0.3, -0.25) is 9.59 Å². The summed E-state index contributed by atoms with van der Waals surface area (Å²) in [6, 6.07) is 0.0161. The Morgan fingerprint density at radius 1 is 1.69 bits per heavy atom. The van der Waals surface area contributed by atoms with Gasteiger partial charge in [0.15, 0.2) is 5.78 Å². The molecular weight excluding hydrogens is 326 g/mol. The highest BCUT2D eigenvalue weighted by Crippen LogP contribution is 1.97. The first-order valence-electron chi connectivity index (χ1n) is 4.97. The van der Waals surface area contributed by atoms with E-state index in [0.717, 1.165) is 0 Å². The molecule has 3 N–H and O–H groups in total. The van der Waals surface area contributed by atoms with Crippen LogP contribution in [0.15, 0.2) is 0 Å². The number of carbonyl (C=O) groups is 2. The van der Waals surface area contributed by atoms with Crippen molar-refractivity contribution in [3.63, 3.8) is 0 Å². The number of amides is 1. The number of carbonyl (C=O) groups excluding carboxylic acids is 2. The SMILES string of the molecule is CC(CC(=O)CNC=O)NCCB(O)OI. The number of hydrogen-bond donors (Lipinski definition) is 3. The Balaban J connectivity index is 3.53. The van der Waals surface area contributed by atoms with Crippen LogP contribution in [0.25, 0.3) is 0 Å². The van der Waals surface area contributed by atoms with Crippen LogP contribution in [-0.4, -0.2) is 43.5 Å². The Bertz CT molecular complexity index is 220. The van der Waals surface area contributed by atoms with Crippen molar-refractivity contribution in [2.24, 2.45) is 0 Å². The molecule has 0 aromatic heterocycles. The van der Waals surface area contributed by atoms with Gasteiger partial charge in [-0.25, -0.2) is 0 Å². The molecule has 1 atom stereocenters. The molecule has 0 rings (SSSR count). The predicted molar refractivity (Wildman–Crippen MR) is 69.0 cm³/mol. The second kappa shape index (κ2) is 10.0. The first-order chi connectivity index (χ1) is 7.60. The lowest BCUT2D eigenvalue weighted by Gasteiger charge is -2.12. The topological polar surface area (TPSA) is 87.7 Å². The van der Waals surface area contributed by atoms with Gasteiger partial charge in [0.2, 0.25) is 6.41 Å². The summed E-state index contributed by atoms with van der Waals surface area (Å²) in [5.41, 5.74) is 0. The fraction of sp³-hybridized carbons (Fsp3) is 0.750. The average molecular weight is 342 g/mol. The van der Waals surface area contributed by atoms with Crippen LogP contribution >= 0.6 is 23.0 Å². The first kappa shape index (κ1) is 15.8. The van der Waals surface area contributed by atoms with Gasteiger partial charge in [-0.05, 0) is 19.8 Å². The lowest BCUT2D eigenvalue weighted by atomic mass is 9.86. The summed E-state index contributed by atoms with van der Waals surface area (Å²) >= 11 is 1.63. The zero-order valence-corrected chi connectivity index (χ0v) is 11.3. The Labute approximate surface area is 109 Å². The van der Waals surface area contributed by atoms with Crippen LogP contribution in [0.3, 0.4) is 0 Å². The minimum absolute atomic E-state index is 0.0161. The third-order valence-electron chi connectivity index (χ3n) is 1.90. The van der Waals surface area contributed by atoms with Crippen LogP contribution in [0.1, 0.15) is 13.3 Å². The molecule has 16 heavy (non-hydrogen) atoms. The van der Waals surface area contributed by atoms with Crippen molar-refractivity contribution in [3.8, 4) is 0 Å². The Kier molecular flexibility index (Phi) is 9.88. The van der Waals surface area contributed by atoms with Gasteiger partial charge in [0.1, 0.15) is 0 Å². The van der Waals surface area contributed by atoms with E-state index in [4.69, 9.17) is 5.02 Å². The van der Waals surface area contributed by atoms with E-state index in [0.29, 0.717) is 25.7 Å². The summed E-state index contributed by atoms with van der Waals surface area (Å²) in [4.78, 5) is 21.2. The van der Waals surface area contributed by atoms with E-state index in [-0.39, 0.29) is 18.4 Å². The largest absolute Gasteiger partial charge is 0.464 e. The maximum atomic E-state index is 11.2. The molecule has 0 radical (unpaired) electrons. The van der Waals surface area contributed by atoms with E-state index in [1.54, 1.807) is 23.0 Å². The second-order valence-corrected chi connectivity index (χ2v) is 3.94. The molecule has 0 saturated carbocycles. The molecule has 0 bridgehead atoms. The third kappa shape index (κ3) is 9.07. The summed E-state index contributed by atoms with van der Waals surface area (Å²) < 4.78 is 4.64. The zero-order valence-electron chi connectivity index (χ0n) is 9.11. The third-order valence-corrected chi connectivity index (χ3v) is 2.49. The van der Waals surface area contributed by atoms with Gasteiger partial charge in [0.05, 0.1) is 29.6 Å². The van der Waals surface area contributed by atoms with E-state index in [9.17, 15) is 9.59 Å². The molecule has 0 fully saturated rings. The number of hydrogen-bond acceptors (Lipinski definition) is 5. The van der Waals surface area contributed by atoms with Crippen molar-refractivity contribution >= 4 is 42.3 Å². The fourth-order valence-electron chi connectivity index (χ4n) is 1.14. The van der Waals surface area contributed by atoms with Crippen LogP contribution in [0.5, 0.6) is 0 Å². The normalized spacial score (nSPS) is 11.9. The summed E-state index contributed by atoms with van der Waals surface area (Å²) in [6.45, 7) is 2.50. The minimum atomic E-state index is -0.785. The highest BCUT2D eigenvalue weighted by molar-refractivity contribution is 14.1. The minimum Gasteiger partial charge on any atom is -0.426 e. The molecule has 1 amide bonds. The van der Waals surface area contributed by atoms with E-state index >= 15 is 0 Å². The molecular formula is C8H16BIN2O4. The molecule has 0 aliphatic rings. The van der Waals surface area contributed by atoms with Gasteiger partial charge in [-0.2, -0.15) is 0 Å². The molecule has 92 valence electrons. The van der Waals surface area contributed by atoms with Crippen LogP contribution < -0.4 is 10.6 Å². The van der Waals surface area contributed by atoms with Gasteiger partial charge >= 0.3 is 7.12 Å². The van der Waals surface area contributed by atoms with Crippen molar-refractivity contribution in [3.05, 3.63) is 0 Å². The van der Waals surface area contributed by atoms with Crippen LogP contribution in [0, 0.1) is 0 Å². The lowest BCUT2D eigenvalue weighted by Crippen LogP contribution is -2.34. The zero-order chi connectivity index (χ0) is 12.4. The van der Waals surface area contributed by atoms with Crippen molar-refractivity contribution in [1.82, 2.24) is 10.6 Å². The predicted octanol–water partition coefficient (Wildman–Crippen LogP) is -0.483. The molecule has 0 heterocycles. The standard InChI is InChI=1S/C8H16BIN2O4/c1-7(4-8(14)5-11-6-13)12-3-2-9(15)16-10/h6-7,12,15H,2-5H2,1H3,(H,11,13). The van der Waals surface area contributed by atoms with Crippen molar-refractivity contribution in [1.29, 1.82) is 0 Å². The van der Waals surface area contributed by atoms with Gasteiger partial charge < -0.3 is 18.6 Å². The molecule has 6 nitrogen and oxygen atoms in total. The first-order valence-corrected chi connectivity index (χ1v) is 5.85. The lowest BCUT2D eigenvalue weighted by molar-refractivity contribution is -0.120. The van der Waals surface area contributed by atoms with Crippen LogP contribution in [-0.2, 0) is 12.6 Å².